The fourth-order valence-corrected chi connectivity index (χ4v) is 4.48. The van der Waals surface area contributed by atoms with Crippen LogP contribution in [0.2, 0.25) is 0 Å². The molecule has 7 heteroatoms. The maximum absolute atomic E-state index is 14.4. The van der Waals surface area contributed by atoms with Crippen LogP contribution in [0.3, 0.4) is 0 Å². The summed E-state index contributed by atoms with van der Waals surface area (Å²) >= 11 is 8.58. The Morgan fingerprint density at radius 3 is 2.84 bits per heavy atom. The van der Waals surface area contributed by atoms with Gasteiger partial charge >= 0.3 is 0 Å². The molecule has 0 spiro atoms. The van der Waals surface area contributed by atoms with Crippen molar-refractivity contribution in [3.05, 3.63) is 50.0 Å². The van der Waals surface area contributed by atoms with Crippen LogP contribution in [-0.2, 0) is 19.4 Å². The average Bonchev–Trinajstić information content (AvgIpc) is 3.08. The lowest BCUT2D eigenvalue weighted by atomic mass is 9.93. The molecule has 2 aliphatic rings. The number of rotatable bonds is 5. The normalized spacial score (nSPS) is 19.9. The molecule has 1 fully saturated rings. The third-order valence-electron chi connectivity index (χ3n) is 5.42. The van der Waals surface area contributed by atoms with Crippen molar-refractivity contribution in [1.82, 2.24) is 14.9 Å². The van der Waals surface area contributed by atoms with Gasteiger partial charge in [-0.1, -0.05) is 6.42 Å². The average molecular weight is 428 g/mol. The van der Waals surface area contributed by atoms with Crippen molar-refractivity contribution in [2.75, 3.05) is 6.54 Å². The molecule has 1 aromatic carbocycles. The summed E-state index contributed by atoms with van der Waals surface area (Å²) in [5.41, 5.74) is 2.34. The number of fused-ring (bicyclic) bond motifs is 1. The molecule has 0 radical (unpaired) electrons. The van der Waals surface area contributed by atoms with E-state index >= 15 is 0 Å². The van der Waals surface area contributed by atoms with E-state index in [0.29, 0.717) is 28.3 Å². The minimum Gasteiger partial charge on any atom is -0.334 e. The van der Waals surface area contributed by atoms with Crippen LogP contribution in [-0.4, -0.2) is 22.1 Å². The van der Waals surface area contributed by atoms with Gasteiger partial charge in [0.05, 0.1) is 4.47 Å². The van der Waals surface area contributed by atoms with Crippen molar-refractivity contribution in [2.45, 2.75) is 50.6 Å². The van der Waals surface area contributed by atoms with Crippen molar-refractivity contribution in [3.8, 4) is 0 Å². The van der Waals surface area contributed by atoms with Crippen molar-refractivity contribution >= 4 is 28.1 Å². The molecule has 1 aliphatic heterocycles. The predicted octanol–water partition coefficient (Wildman–Crippen LogP) is 4.61. The molecular weight excluding hydrogens is 408 g/mol. The number of aromatic nitrogens is 2. The largest absolute Gasteiger partial charge is 0.334 e. The van der Waals surface area contributed by atoms with Crippen LogP contribution in [0.15, 0.2) is 16.6 Å². The van der Waals surface area contributed by atoms with E-state index < -0.39 is 11.6 Å². The zero-order valence-corrected chi connectivity index (χ0v) is 16.2. The van der Waals surface area contributed by atoms with Gasteiger partial charge in [0.2, 0.25) is 0 Å². The van der Waals surface area contributed by atoms with Crippen molar-refractivity contribution < 1.29 is 8.78 Å². The Labute approximate surface area is 159 Å². The molecule has 2 heterocycles. The Bertz CT molecular complexity index is 857. The number of nitrogens with zero attached hydrogens (tertiary/aromatic N) is 1. The first-order valence-corrected chi connectivity index (χ1v) is 9.92. The monoisotopic (exact) mass is 427 g/mol. The van der Waals surface area contributed by atoms with Crippen LogP contribution in [0.1, 0.15) is 42.1 Å². The highest BCUT2D eigenvalue weighted by Crippen LogP contribution is 2.36. The Morgan fingerprint density at radius 2 is 2.12 bits per heavy atom. The number of H-pyrrole nitrogens is 1. The number of hydrogen-bond acceptors (Lipinski definition) is 2. The van der Waals surface area contributed by atoms with E-state index in [2.05, 4.69) is 26.2 Å². The second-order valence-corrected chi connectivity index (χ2v) is 8.20. The fraction of sp³-hybridized carbons (Fsp3) is 0.500. The topological polar surface area (TPSA) is 32.8 Å². The zero-order chi connectivity index (χ0) is 17.6. The van der Waals surface area contributed by atoms with Gasteiger partial charge in [-0.3, -0.25) is 0 Å². The number of hydrogen-bond donors (Lipinski definition) is 2. The van der Waals surface area contributed by atoms with Gasteiger partial charge in [0.25, 0.3) is 0 Å². The molecule has 25 heavy (non-hydrogen) atoms. The second-order valence-electron chi connectivity index (χ2n) is 6.96. The molecule has 1 aliphatic carbocycles. The van der Waals surface area contributed by atoms with Crippen molar-refractivity contribution in [2.24, 2.45) is 0 Å². The van der Waals surface area contributed by atoms with E-state index in [1.54, 1.807) is 0 Å². The lowest BCUT2D eigenvalue weighted by molar-refractivity contribution is 0.341. The van der Waals surface area contributed by atoms with Gasteiger partial charge in [-0.05, 0) is 59.5 Å². The van der Waals surface area contributed by atoms with Crippen LogP contribution in [0.25, 0.3) is 0 Å². The lowest BCUT2D eigenvalue weighted by Crippen LogP contribution is -2.36. The van der Waals surface area contributed by atoms with Crippen LogP contribution in [0.4, 0.5) is 8.78 Å². The Morgan fingerprint density at radius 1 is 1.32 bits per heavy atom. The third-order valence-corrected chi connectivity index (χ3v) is 6.36. The quantitative estimate of drug-likeness (QED) is 0.539. The summed E-state index contributed by atoms with van der Waals surface area (Å²) in [7, 11) is 0. The van der Waals surface area contributed by atoms with Gasteiger partial charge in [-0.25, -0.2) is 8.78 Å². The third kappa shape index (κ3) is 3.22. The molecule has 0 saturated heterocycles. The summed E-state index contributed by atoms with van der Waals surface area (Å²) in [5, 5.41) is 3.55. The van der Waals surface area contributed by atoms with Crippen LogP contribution < -0.4 is 5.32 Å². The van der Waals surface area contributed by atoms with Gasteiger partial charge in [0, 0.05) is 48.4 Å². The number of nitrogens with one attached hydrogen (secondary N) is 2. The van der Waals surface area contributed by atoms with E-state index in [1.807, 2.05) is 4.57 Å². The summed E-state index contributed by atoms with van der Waals surface area (Å²) in [4.78, 5) is 3.28. The lowest BCUT2D eigenvalue weighted by Gasteiger charge is -2.26. The molecule has 2 aromatic rings. The summed E-state index contributed by atoms with van der Waals surface area (Å²) in [6.07, 6.45) is 5.29. The molecule has 1 unspecified atom stereocenters. The second kappa shape index (κ2) is 6.93. The van der Waals surface area contributed by atoms with Gasteiger partial charge in [0.15, 0.2) is 4.77 Å². The smallest absolute Gasteiger partial charge is 0.177 e. The van der Waals surface area contributed by atoms with E-state index in [-0.39, 0.29) is 11.5 Å². The molecule has 2 N–H and O–H groups in total. The van der Waals surface area contributed by atoms with E-state index in [1.165, 1.54) is 31.4 Å². The highest BCUT2D eigenvalue weighted by Gasteiger charge is 2.31. The minimum absolute atomic E-state index is 0.158. The number of benzene rings is 1. The Balaban J connectivity index is 1.53. The number of halogens is 3. The molecule has 3 nitrogen and oxygen atoms in total. The highest BCUT2D eigenvalue weighted by molar-refractivity contribution is 9.10. The standard InChI is InChI=1S/C18H20BrF2N3S/c19-12-4-5-13(20)16(17(12)21)10-8-15-14(23-18(25)24(15)9-10)6-7-22-11-2-1-3-11/h4-5,10-11,22H,1-3,6-9H2,(H,23,25). The summed E-state index contributed by atoms with van der Waals surface area (Å²) in [6.45, 7) is 1.42. The van der Waals surface area contributed by atoms with Crippen LogP contribution in [0.5, 0.6) is 0 Å². The minimum atomic E-state index is -0.501. The zero-order valence-electron chi connectivity index (χ0n) is 13.7. The van der Waals surface area contributed by atoms with Crippen LogP contribution in [0, 0.1) is 16.4 Å². The van der Waals surface area contributed by atoms with Gasteiger partial charge in [-0.2, -0.15) is 0 Å². The van der Waals surface area contributed by atoms with E-state index in [4.69, 9.17) is 12.2 Å². The molecule has 0 amide bonds. The van der Waals surface area contributed by atoms with E-state index in [0.717, 1.165) is 24.4 Å². The molecule has 134 valence electrons. The summed E-state index contributed by atoms with van der Waals surface area (Å²) < 4.78 is 31.6. The van der Waals surface area contributed by atoms with Crippen molar-refractivity contribution in [3.63, 3.8) is 0 Å². The SMILES string of the molecule is Fc1ccc(Br)c(F)c1C1Cc2c(CCNC3CCC3)[nH]c(=S)n2C1. The molecule has 0 bridgehead atoms. The van der Waals surface area contributed by atoms with Crippen molar-refractivity contribution in [1.29, 1.82) is 0 Å². The van der Waals surface area contributed by atoms with Gasteiger partial charge in [-0.15, -0.1) is 0 Å². The fourth-order valence-electron chi connectivity index (χ4n) is 3.83. The molecule has 1 saturated carbocycles. The first kappa shape index (κ1) is 17.4. The first-order valence-electron chi connectivity index (χ1n) is 8.72. The summed E-state index contributed by atoms with van der Waals surface area (Å²) in [5.74, 6) is -1.21. The van der Waals surface area contributed by atoms with Gasteiger partial charge < -0.3 is 14.9 Å². The number of aromatic amines is 1. The van der Waals surface area contributed by atoms with Gasteiger partial charge in [0.1, 0.15) is 11.6 Å². The first-order chi connectivity index (χ1) is 12.0. The maximum Gasteiger partial charge on any atom is 0.177 e. The van der Waals surface area contributed by atoms with E-state index in [9.17, 15) is 8.78 Å². The molecule has 1 atom stereocenters. The molecular formula is C18H20BrF2N3S. The Hall–Kier alpha value is -1.05. The molecule has 4 rings (SSSR count). The number of imidazole rings is 1. The predicted molar refractivity (Wildman–Crippen MR) is 99.5 cm³/mol. The maximum atomic E-state index is 14.4. The molecule has 1 aromatic heterocycles. The highest BCUT2D eigenvalue weighted by atomic mass is 79.9. The Kier molecular flexibility index (Phi) is 4.81. The van der Waals surface area contributed by atoms with Crippen LogP contribution >= 0.6 is 28.1 Å². The summed E-state index contributed by atoms with van der Waals surface area (Å²) in [6, 6.07) is 3.38.